The summed E-state index contributed by atoms with van der Waals surface area (Å²) in [5, 5.41) is 11.1. The van der Waals surface area contributed by atoms with Gasteiger partial charge >= 0.3 is 0 Å². The number of amides is 2. The maximum atomic E-state index is 13.7. The van der Waals surface area contributed by atoms with Gasteiger partial charge < -0.3 is 10.2 Å². The Bertz CT molecular complexity index is 523. The van der Waals surface area contributed by atoms with Gasteiger partial charge in [-0.25, -0.2) is 14.9 Å². The van der Waals surface area contributed by atoms with E-state index in [9.17, 15) is 14.0 Å². The van der Waals surface area contributed by atoms with Crippen molar-refractivity contribution >= 4 is 17.6 Å². The van der Waals surface area contributed by atoms with Crippen molar-refractivity contribution in [3.05, 3.63) is 23.6 Å². The number of nitrogens with zero attached hydrogens (tertiary/aromatic N) is 2. The molecule has 1 atom stereocenters. The number of rotatable bonds is 3. The lowest BCUT2D eigenvalue weighted by Gasteiger charge is -2.13. The number of hydrogen-bond acceptors (Lipinski definition) is 5. The third-order valence-electron chi connectivity index (χ3n) is 2.94. The zero-order valence-electron chi connectivity index (χ0n) is 10.2. The van der Waals surface area contributed by atoms with Gasteiger partial charge in [-0.15, -0.1) is 0 Å². The molecule has 1 aromatic heterocycles. The molecular weight excluding hydrogens is 255 g/mol. The molecule has 19 heavy (non-hydrogen) atoms. The molecule has 1 aliphatic heterocycles. The molecule has 0 unspecified atom stereocenters. The van der Waals surface area contributed by atoms with E-state index in [-0.39, 0.29) is 17.3 Å². The van der Waals surface area contributed by atoms with Crippen LogP contribution in [0.2, 0.25) is 0 Å². The predicted molar refractivity (Wildman–Crippen MR) is 63.1 cm³/mol. The van der Waals surface area contributed by atoms with Crippen LogP contribution in [0.15, 0.2) is 12.3 Å². The molecule has 0 radical (unpaired) electrons. The van der Waals surface area contributed by atoms with Crippen molar-refractivity contribution in [1.29, 1.82) is 0 Å². The molecule has 0 aromatic carbocycles. The molecule has 8 heteroatoms. The summed E-state index contributed by atoms with van der Waals surface area (Å²) in [6.07, 6.45) is 1.68. The van der Waals surface area contributed by atoms with E-state index in [0.29, 0.717) is 13.0 Å². The van der Waals surface area contributed by atoms with Gasteiger partial charge in [0.1, 0.15) is 6.04 Å². The molecule has 2 rings (SSSR count). The molecule has 3 N–H and O–H groups in total. The van der Waals surface area contributed by atoms with Crippen LogP contribution in [-0.2, 0) is 4.79 Å². The number of anilines is 1. The number of hydrogen-bond donors (Lipinski definition) is 3. The van der Waals surface area contributed by atoms with Crippen LogP contribution in [0, 0.1) is 5.82 Å². The third-order valence-corrected chi connectivity index (χ3v) is 2.94. The highest BCUT2D eigenvalue weighted by atomic mass is 19.1. The van der Waals surface area contributed by atoms with Crippen LogP contribution < -0.4 is 10.8 Å². The molecule has 0 aliphatic carbocycles. The lowest BCUT2D eigenvalue weighted by atomic mass is 10.2. The normalized spacial score (nSPS) is 18.6. The van der Waals surface area contributed by atoms with Crippen LogP contribution in [0.5, 0.6) is 0 Å². The predicted octanol–water partition coefficient (Wildman–Crippen LogP) is -0.0177. The Hall–Kier alpha value is -2.22. The van der Waals surface area contributed by atoms with Gasteiger partial charge in [-0.2, -0.15) is 0 Å². The Kier molecular flexibility index (Phi) is 3.61. The second-order valence-corrected chi connectivity index (χ2v) is 4.24. The van der Waals surface area contributed by atoms with Gasteiger partial charge in [0, 0.05) is 19.8 Å². The first-order valence-corrected chi connectivity index (χ1v) is 5.64. The highest BCUT2D eigenvalue weighted by Crippen LogP contribution is 2.17. The minimum atomic E-state index is -0.852. The number of pyridine rings is 1. The van der Waals surface area contributed by atoms with Crippen molar-refractivity contribution in [2.45, 2.75) is 12.5 Å². The Morgan fingerprint density at radius 2 is 2.37 bits per heavy atom. The van der Waals surface area contributed by atoms with Crippen molar-refractivity contribution < 1.29 is 19.2 Å². The molecule has 0 bridgehead atoms. The first-order valence-electron chi connectivity index (χ1n) is 5.64. The number of hydroxylamine groups is 1. The first-order chi connectivity index (χ1) is 9.02. The maximum absolute atomic E-state index is 13.7. The van der Waals surface area contributed by atoms with Gasteiger partial charge in [-0.3, -0.25) is 14.8 Å². The summed E-state index contributed by atoms with van der Waals surface area (Å²) in [6, 6.07) is 0.425. The third kappa shape index (κ3) is 2.63. The van der Waals surface area contributed by atoms with Gasteiger partial charge in [-0.1, -0.05) is 0 Å². The van der Waals surface area contributed by atoms with Crippen LogP contribution in [0.3, 0.4) is 0 Å². The highest BCUT2D eigenvalue weighted by molar-refractivity contribution is 5.93. The van der Waals surface area contributed by atoms with Gasteiger partial charge in [0.15, 0.2) is 11.6 Å². The molecule has 1 saturated heterocycles. The van der Waals surface area contributed by atoms with E-state index in [2.05, 4.69) is 10.3 Å². The van der Waals surface area contributed by atoms with Crippen molar-refractivity contribution in [2.24, 2.45) is 0 Å². The summed E-state index contributed by atoms with van der Waals surface area (Å²) in [5.41, 5.74) is 1.28. The standard InChI is InChI=1S/C11H13FN4O3/c1-16-3-2-8(11(16)18)14-9-7(12)4-6(5-13-9)10(17)15-19/h4-5,8,19H,2-3H2,1H3,(H,13,14)(H,15,17)/t8-/m0/s1. The van der Waals surface area contributed by atoms with Crippen LogP contribution in [0.1, 0.15) is 16.8 Å². The quantitative estimate of drug-likeness (QED) is 0.529. The monoisotopic (exact) mass is 268 g/mol. The van der Waals surface area contributed by atoms with Gasteiger partial charge in [0.25, 0.3) is 5.91 Å². The number of likely N-dealkylation sites (N-methyl/N-ethyl adjacent to an activating group) is 1. The molecular formula is C11H13FN4O3. The van der Waals surface area contributed by atoms with Crippen molar-refractivity contribution in [2.75, 3.05) is 18.9 Å². The van der Waals surface area contributed by atoms with Crippen molar-refractivity contribution in [3.8, 4) is 0 Å². The summed E-state index contributed by atoms with van der Waals surface area (Å²) in [7, 11) is 1.67. The van der Waals surface area contributed by atoms with E-state index >= 15 is 0 Å². The van der Waals surface area contributed by atoms with E-state index in [1.165, 1.54) is 5.48 Å². The second-order valence-electron chi connectivity index (χ2n) is 4.24. The molecule has 102 valence electrons. The van der Waals surface area contributed by atoms with Crippen LogP contribution >= 0.6 is 0 Å². The zero-order valence-corrected chi connectivity index (χ0v) is 10.2. The van der Waals surface area contributed by atoms with Crippen molar-refractivity contribution in [3.63, 3.8) is 0 Å². The minimum Gasteiger partial charge on any atom is -0.356 e. The average molecular weight is 268 g/mol. The molecule has 7 nitrogen and oxygen atoms in total. The smallest absolute Gasteiger partial charge is 0.276 e. The lowest BCUT2D eigenvalue weighted by Crippen LogP contribution is -2.31. The van der Waals surface area contributed by atoms with Crippen LogP contribution in [0.4, 0.5) is 10.2 Å². The Labute approximate surface area is 108 Å². The van der Waals surface area contributed by atoms with E-state index in [0.717, 1.165) is 12.3 Å². The number of likely N-dealkylation sites (tertiary alicyclic amines) is 1. The molecule has 1 aliphatic rings. The fraction of sp³-hybridized carbons (Fsp3) is 0.364. The molecule has 0 saturated carbocycles. The molecule has 1 aromatic rings. The number of nitrogens with one attached hydrogen (secondary N) is 2. The molecule has 0 spiro atoms. The maximum Gasteiger partial charge on any atom is 0.276 e. The summed E-state index contributed by atoms with van der Waals surface area (Å²) in [4.78, 5) is 28.0. The minimum absolute atomic E-state index is 0.0943. The van der Waals surface area contributed by atoms with E-state index in [1.54, 1.807) is 11.9 Å². The van der Waals surface area contributed by atoms with E-state index in [4.69, 9.17) is 5.21 Å². The Balaban J connectivity index is 2.14. The van der Waals surface area contributed by atoms with Crippen LogP contribution in [-0.4, -0.2) is 46.5 Å². The second kappa shape index (κ2) is 5.19. The number of carbonyl (C=O) groups excluding carboxylic acids is 2. The number of halogens is 1. The number of carbonyl (C=O) groups is 2. The van der Waals surface area contributed by atoms with Gasteiger partial charge in [0.05, 0.1) is 5.56 Å². The average Bonchev–Trinajstić information content (AvgIpc) is 2.72. The lowest BCUT2D eigenvalue weighted by molar-refractivity contribution is -0.127. The Morgan fingerprint density at radius 3 is 2.89 bits per heavy atom. The largest absolute Gasteiger partial charge is 0.356 e. The molecule has 1 fully saturated rings. The highest BCUT2D eigenvalue weighted by Gasteiger charge is 2.29. The van der Waals surface area contributed by atoms with Gasteiger partial charge in [-0.05, 0) is 12.5 Å². The summed E-state index contributed by atoms with van der Waals surface area (Å²) in [5.74, 6) is -1.83. The fourth-order valence-corrected chi connectivity index (χ4v) is 1.85. The summed E-state index contributed by atoms with van der Waals surface area (Å²) < 4.78 is 13.7. The topological polar surface area (TPSA) is 94.6 Å². The van der Waals surface area contributed by atoms with E-state index in [1.807, 2.05) is 0 Å². The Morgan fingerprint density at radius 1 is 1.63 bits per heavy atom. The molecule has 2 heterocycles. The van der Waals surface area contributed by atoms with Crippen LogP contribution in [0.25, 0.3) is 0 Å². The summed E-state index contributed by atoms with van der Waals surface area (Å²) >= 11 is 0. The summed E-state index contributed by atoms with van der Waals surface area (Å²) in [6.45, 7) is 0.600. The fourth-order valence-electron chi connectivity index (χ4n) is 1.85. The van der Waals surface area contributed by atoms with Crippen molar-refractivity contribution in [1.82, 2.24) is 15.4 Å². The first kappa shape index (κ1) is 13.2. The SMILES string of the molecule is CN1CC[C@H](Nc2ncc(C(=O)NO)cc2F)C1=O. The van der Waals surface area contributed by atoms with E-state index < -0.39 is 17.8 Å². The van der Waals surface area contributed by atoms with Gasteiger partial charge in [0.2, 0.25) is 5.91 Å². The zero-order chi connectivity index (χ0) is 14.0. The number of aromatic nitrogens is 1. The molecule has 2 amide bonds.